The Hall–Kier alpha value is -3.36. The molecule has 1 saturated carbocycles. The lowest BCUT2D eigenvalue weighted by Gasteiger charge is -2.30. The van der Waals surface area contributed by atoms with Gasteiger partial charge in [-0.15, -0.1) is 0 Å². The summed E-state index contributed by atoms with van der Waals surface area (Å²) in [7, 11) is 0. The number of aromatic nitrogens is 2. The van der Waals surface area contributed by atoms with E-state index < -0.39 is 12.0 Å². The maximum absolute atomic E-state index is 12.8. The average Bonchev–Trinajstić information content (AvgIpc) is 3.37. The minimum Gasteiger partial charge on any atom is -0.476 e. The van der Waals surface area contributed by atoms with Crippen LogP contribution in [0.5, 0.6) is 5.88 Å². The van der Waals surface area contributed by atoms with E-state index in [2.05, 4.69) is 10.4 Å². The van der Waals surface area contributed by atoms with E-state index in [-0.39, 0.29) is 36.0 Å². The van der Waals surface area contributed by atoms with E-state index in [0.717, 1.165) is 25.7 Å². The smallest absolute Gasteiger partial charge is 0.356 e. The standard InChI is InChI=1S/C21H24N4O5/c26-18(24-11-5-10-17(24)20(27)22-14-6-4-7-14)13-30-19-12-16(21(28)29)23-25(19)15-8-2-1-3-9-15/h1-3,8-9,12,14,17H,4-7,10-11,13H2,(H,22,27)(H,28,29). The number of likely N-dealkylation sites (tertiary alicyclic amines) is 1. The van der Waals surface area contributed by atoms with E-state index >= 15 is 0 Å². The van der Waals surface area contributed by atoms with Gasteiger partial charge < -0.3 is 20.1 Å². The van der Waals surface area contributed by atoms with Crippen molar-refractivity contribution in [3.05, 3.63) is 42.1 Å². The molecule has 158 valence electrons. The van der Waals surface area contributed by atoms with Crippen LogP contribution < -0.4 is 10.1 Å². The Kier molecular flexibility index (Phi) is 5.69. The summed E-state index contributed by atoms with van der Waals surface area (Å²) < 4.78 is 7.00. The summed E-state index contributed by atoms with van der Waals surface area (Å²) in [6, 6.07) is 9.97. The summed E-state index contributed by atoms with van der Waals surface area (Å²) in [6.45, 7) is 0.202. The van der Waals surface area contributed by atoms with Gasteiger partial charge in [-0.25, -0.2) is 9.48 Å². The van der Waals surface area contributed by atoms with Crippen LogP contribution in [0.25, 0.3) is 5.69 Å². The highest BCUT2D eigenvalue weighted by atomic mass is 16.5. The lowest BCUT2D eigenvalue weighted by Crippen LogP contribution is -2.51. The summed E-state index contributed by atoms with van der Waals surface area (Å²) in [4.78, 5) is 38.2. The molecule has 1 unspecified atom stereocenters. The molecule has 2 N–H and O–H groups in total. The van der Waals surface area contributed by atoms with Crippen LogP contribution in [0.2, 0.25) is 0 Å². The first-order valence-electron chi connectivity index (χ1n) is 10.1. The molecule has 9 nitrogen and oxygen atoms in total. The van der Waals surface area contributed by atoms with E-state index in [9.17, 15) is 19.5 Å². The zero-order valence-electron chi connectivity index (χ0n) is 16.5. The fraction of sp³-hybridized carbons (Fsp3) is 0.429. The molecule has 2 fully saturated rings. The molecule has 1 atom stereocenters. The first-order valence-corrected chi connectivity index (χ1v) is 10.1. The van der Waals surface area contributed by atoms with Crippen LogP contribution in [0.4, 0.5) is 0 Å². The van der Waals surface area contributed by atoms with Crippen molar-refractivity contribution in [3.63, 3.8) is 0 Å². The van der Waals surface area contributed by atoms with Gasteiger partial charge in [-0.1, -0.05) is 18.2 Å². The van der Waals surface area contributed by atoms with Crippen molar-refractivity contribution in [2.24, 2.45) is 0 Å². The van der Waals surface area contributed by atoms with Gasteiger partial charge in [0.05, 0.1) is 5.69 Å². The van der Waals surface area contributed by atoms with Gasteiger partial charge in [-0.2, -0.15) is 5.10 Å². The molecule has 2 heterocycles. The predicted octanol–water partition coefficient (Wildman–Crippen LogP) is 1.61. The van der Waals surface area contributed by atoms with E-state index in [1.54, 1.807) is 29.2 Å². The zero-order valence-corrected chi connectivity index (χ0v) is 16.5. The number of amides is 2. The molecular weight excluding hydrogens is 388 g/mol. The number of carboxylic acid groups (broad SMARTS) is 1. The van der Waals surface area contributed by atoms with Gasteiger partial charge in [0.25, 0.3) is 5.91 Å². The molecule has 4 rings (SSSR count). The molecule has 1 aromatic heterocycles. The third-order valence-corrected chi connectivity index (χ3v) is 5.57. The highest BCUT2D eigenvalue weighted by Gasteiger charge is 2.35. The van der Waals surface area contributed by atoms with Gasteiger partial charge in [0.15, 0.2) is 12.3 Å². The fourth-order valence-corrected chi connectivity index (χ4v) is 3.73. The number of hydrogen-bond donors (Lipinski definition) is 2. The van der Waals surface area contributed by atoms with Crippen LogP contribution in [0, 0.1) is 0 Å². The molecule has 0 bridgehead atoms. The number of carboxylic acids is 1. The number of rotatable bonds is 7. The molecule has 2 aromatic rings. The predicted molar refractivity (Wildman–Crippen MR) is 107 cm³/mol. The normalized spacial score (nSPS) is 18.7. The minimum atomic E-state index is -1.19. The molecule has 0 radical (unpaired) electrons. The molecule has 1 saturated heterocycles. The van der Waals surface area contributed by atoms with Crippen molar-refractivity contribution in [1.82, 2.24) is 20.0 Å². The highest BCUT2D eigenvalue weighted by molar-refractivity contribution is 5.89. The Labute approximate surface area is 173 Å². The number of hydrogen-bond acceptors (Lipinski definition) is 5. The third-order valence-electron chi connectivity index (χ3n) is 5.57. The largest absolute Gasteiger partial charge is 0.476 e. The number of aromatic carboxylic acids is 1. The number of nitrogens with one attached hydrogen (secondary N) is 1. The Morgan fingerprint density at radius 3 is 2.57 bits per heavy atom. The lowest BCUT2D eigenvalue weighted by molar-refractivity contribution is -0.140. The summed E-state index contributed by atoms with van der Waals surface area (Å²) in [5.41, 5.74) is 0.437. The molecule has 1 aliphatic heterocycles. The Balaban J connectivity index is 1.44. The van der Waals surface area contributed by atoms with Gasteiger partial charge >= 0.3 is 5.97 Å². The zero-order chi connectivity index (χ0) is 21.1. The Morgan fingerprint density at radius 2 is 1.90 bits per heavy atom. The first kappa shape index (κ1) is 19.9. The van der Waals surface area contributed by atoms with Crippen LogP contribution in [0.3, 0.4) is 0 Å². The van der Waals surface area contributed by atoms with Crippen molar-refractivity contribution in [2.75, 3.05) is 13.2 Å². The van der Waals surface area contributed by atoms with Gasteiger partial charge in [0.1, 0.15) is 6.04 Å². The van der Waals surface area contributed by atoms with Gasteiger partial charge in [-0.05, 0) is 44.2 Å². The second kappa shape index (κ2) is 8.56. The van der Waals surface area contributed by atoms with Crippen molar-refractivity contribution in [3.8, 4) is 11.6 Å². The highest BCUT2D eigenvalue weighted by Crippen LogP contribution is 2.23. The number of ether oxygens (including phenoxy) is 1. The quantitative estimate of drug-likeness (QED) is 0.714. The van der Waals surface area contributed by atoms with Crippen LogP contribution in [-0.2, 0) is 9.59 Å². The molecule has 9 heteroatoms. The fourth-order valence-electron chi connectivity index (χ4n) is 3.73. The van der Waals surface area contributed by atoms with Crippen molar-refractivity contribution >= 4 is 17.8 Å². The maximum Gasteiger partial charge on any atom is 0.356 e. The summed E-state index contributed by atoms with van der Waals surface area (Å²) in [6.07, 6.45) is 4.50. The van der Waals surface area contributed by atoms with Crippen molar-refractivity contribution < 1.29 is 24.2 Å². The number of nitrogens with zero attached hydrogens (tertiary/aromatic N) is 3. The molecule has 2 aliphatic rings. The SMILES string of the molecule is O=C(O)c1cc(OCC(=O)N2CCCC2C(=O)NC2CCC2)n(-c2ccccc2)n1. The third kappa shape index (κ3) is 4.14. The lowest BCUT2D eigenvalue weighted by atomic mass is 9.93. The molecule has 1 aliphatic carbocycles. The monoisotopic (exact) mass is 412 g/mol. The van der Waals surface area contributed by atoms with Gasteiger partial charge in [0, 0.05) is 18.7 Å². The molecule has 1 aromatic carbocycles. The van der Waals surface area contributed by atoms with E-state index in [4.69, 9.17) is 4.74 Å². The van der Waals surface area contributed by atoms with Gasteiger partial charge in [0.2, 0.25) is 11.8 Å². The Bertz CT molecular complexity index is 938. The van der Waals surface area contributed by atoms with Crippen LogP contribution in [-0.4, -0.2) is 62.8 Å². The summed E-state index contributed by atoms with van der Waals surface area (Å²) >= 11 is 0. The Morgan fingerprint density at radius 1 is 1.13 bits per heavy atom. The summed E-state index contributed by atoms with van der Waals surface area (Å²) in [5, 5.41) is 16.3. The second-order valence-corrected chi connectivity index (χ2v) is 7.59. The van der Waals surface area contributed by atoms with Crippen molar-refractivity contribution in [1.29, 1.82) is 0 Å². The number of para-hydroxylation sites is 1. The van der Waals surface area contributed by atoms with Crippen molar-refractivity contribution in [2.45, 2.75) is 44.2 Å². The van der Waals surface area contributed by atoms with E-state index in [1.165, 1.54) is 10.7 Å². The number of carbonyl (C=O) groups is 3. The van der Waals surface area contributed by atoms with Crippen LogP contribution in [0.15, 0.2) is 36.4 Å². The molecule has 30 heavy (non-hydrogen) atoms. The minimum absolute atomic E-state index is 0.104. The van der Waals surface area contributed by atoms with Gasteiger partial charge in [-0.3, -0.25) is 9.59 Å². The molecular formula is C21H24N4O5. The molecule has 0 spiro atoms. The summed E-state index contributed by atoms with van der Waals surface area (Å²) in [5.74, 6) is -1.44. The van der Waals surface area contributed by atoms with Crippen LogP contribution >= 0.6 is 0 Å². The van der Waals surface area contributed by atoms with Crippen LogP contribution in [0.1, 0.15) is 42.6 Å². The number of carbonyl (C=O) groups excluding carboxylic acids is 2. The second-order valence-electron chi connectivity index (χ2n) is 7.59. The van der Waals surface area contributed by atoms with E-state index in [1.807, 2.05) is 6.07 Å². The first-order chi connectivity index (χ1) is 14.5. The molecule has 2 amide bonds. The topological polar surface area (TPSA) is 114 Å². The maximum atomic E-state index is 12.8. The number of benzene rings is 1. The average molecular weight is 412 g/mol. The van der Waals surface area contributed by atoms with E-state index in [0.29, 0.717) is 18.7 Å².